The van der Waals surface area contributed by atoms with Gasteiger partial charge in [0.25, 0.3) is 0 Å². The molecule has 0 spiro atoms. The largest absolute Gasteiger partial charge is 0.461 e. The van der Waals surface area contributed by atoms with E-state index in [1.807, 2.05) is 40.4 Å². The van der Waals surface area contributed by atoms with Gasteiger partial charge in [-0.15, -0.1) is 11.3 Å². The molecular formula is C21H22N4O3S. The number of esters is 1. The zero-order valence-electron chi connectivity index (χ0n) is 16.2. The lowest BCUT2D eigenvalue weighted by molar-refractivity contribution is -0.131. The van der Waals surface area contributed by atoms with Crippen LogP contribution in [0.25, 0.3) is 0 Å². The number of carbonyl (C=O) groups excluding carboxylic acids is 2. The quantitative estimate of drug-likeness (QED) is 0.584. The molecular weight excluding hydrogens is 388 g/mol. The number of hydrogen-bond acceptors (Lipinski definition) is 6. The zero-order chi connectivity index (χ0) is 20.2. The molecule has 3 aromatic rings. The second kappa shape index (κ2) is 8.57. The first kappa shape index (κ1) is 19.3. The van der Waals surface area contributed by atoms with Crippen molar-refractivity contribution in [3.63, 3.8) is 0 Å². The van der Waals surface area contributed by atoms with Crippen molar-refractivity contribution in [1.29, 1.82) is 0 Å². The summed E-state index contributed by atoms with van der Waals surface area (Å²) in [6, 6.07) is 10.0. The highest BCUT2D eigenvalue weighted by Crippen LogP contribution is 2.25. The molecule has 3 heterocycles. The molecule has 0 radical (unpaired) electrons. The van der Waals surface area contributed by atoms with Gasteiger partial charge in [0.2, 0.25) is 5.91 Å². The van der Waals surface area contributed by atoms with Crippen LogP contribution in [0.4, 0.5) is 0 Å². The van der Waals surface area contributed by atoms with Gasteiger partial charge in [-0.05, 0) is 12.5 Å². The van der Waals surface area contributed by atoms with Gasteiger partial charge in [-0.3, -0.25) is 9.48 Å². The van der Waals surface area contributed by atoms with Crippen molar-refractivity contribution in [2.75, 3.05) is 13.2 Å². The summed E-state index contributed by atoms with van der Waals surface area (Å²) in [5.41, 5.74) is 5.70. The number of hydrogen-bond donors (Lipinski definition) is 0. The van der Waals surface area contributed by atoms with Gasteiger partial charge in [-0.25, -0.2) is 9.78 Å². The van der Waals surface area contributed by atoms with Crippen molar-refractivity contribution in [3.8, 4) is 0 Å². The smallest absolute Gasteiger partial charge is 0.359 e. The second-order valence-electron chi connectivity index (χ2n) is 6.86. The summed E-state index contributed by atoms with van der Waals surface area (Å²) in [7, 11) is 0. The van der Waals surface area contributed by atoms with Crippen LogP contribution in [0.15, 0.2) is 41.2 Å². The molecule has 0 fully saturated rings. The Labute approximate surface area is 172 Å². The number of benzene rings is 1. The van der Waals surface area contributed by atoms with Gasteiger partial charge < -0.3 is 9.64 Å². The highest BCUT2D eigenvalue weighted by molar-refractivity contribution is 7.07. The maximum Gasteiger partial charge on any atom is 0.359 e. The van der Waals surface area contributed by atoms with Crippen LogP contribution in [-0.2, 0) is 35.5 Å². The minimum Gasteiger partial charge on any atom is -0.461 e. The zero-order valence-corrected chi connectivity index (χ0v) is 17.0. The average molecular weight is 410 g/mol. The van der Waals surface area contributed by atoms with Crippen molar-refractivity contribution in [2.45, 2.75) is 32.9 Å². The Morgan fingerprint density at radius 2 is 2.07 bits per heavy atom. The van der Waals surface area contributed by atoms with Crippen LogP contribution in [0, 0.1) is 0 Å². The molecule has 0 saturated carbocycles. The Hall–Kier alpha value is -3.00. The maximum absolute atomic E-state index is 12.7. The van der Waals surface area contributed by atoms with Crippen LogP contribution in [-0.4, -0.2) is 44.7 Å². The third kappa shape index (κ3) is 4.22. The topological polar surface area (TPSA) is 77.3 Å². The lowest BCUT2D eigenvalue weighted by Gasteiger charge is -2.27. The van der Waals surface area contributed by atoms with Crippen LogP contribution in [0.2, 0.25) is 0 Å². The minimum absolute atomic E-state index is 0.00664. The van der Waals surface area contributed by atoms with Crippen molar-refractivity contribution < 1.29 is 14.3 Å². The summed E-state index contributed by atoms with van der Waals surface area (Å²) in [5, 5.41) is 6.45. The molecule has 0 atom stereocenters. The van der Waals surface area contributed by atoms with Gasteiger partial charge in [0.05, 0.1) is 30.8 Å². The van der Waals surface area contributed by atoms with Gasteiger partial charge in [0.1, 0.15) is 0 Å². The van der Waals surface area contributed by atoms with E-state index in [1.54, 1.807) is 17.3 Å². The van der Waals surface area contributed by atoms with E-state index in [0.29, 0.717) is 31.7 Å². The van der Waals surface area contributed by atoms with E-state index >= 15 is 0 Å². The summed E-state index contributed by atoms with van der Waals surface area (Å²) in [6.45, 7) is 3.59. The van der Waals surface area contributed by atoms with E-state index in [0.717, 1.165) is 22.5 Å². The number of fused-ring (bicyclic) bond motifs is 1. The van der Waals surface area contributed by atoms with E-state index in [4.69, 9.17) is 4.74 Å². The summed E-state index contributed by atoms with van der Waals surface area (Å²) in [6.07, 6.45) is 0.920. The number of nitrogens with zero attached hydrogens (tertiary/aromatic N) is 4. The van der Waals surface area contributed by atoms with Crippen molar-refractivity contribution >= 4 is 23.2 Å². The normalized spacial score (nSPS) is 13.2. The van der Waals surface area contributed by atoms with E-state index in [1.165, 1.54) is 11.3 Å². The predicted octanol–water partition coefficient (Wildman–Crippen LogP) is 2.69. The number of rotatable bonds is 6. The van der Waals surface area contributed by atoms with E-state index in [-0.39, 0.29) is 18.9 Å². The molecule has 4 rings (SSSR count). The van der Waals surface area contributed by atoms with E-state index in [2.05, 4.69) is 10.1 Å². The monoisotopic (exact) mass is 410 g/mol. The summed E-state index contributed by atoms with van der Waals surface area (Å²) < 4.78 is 7.09. The first-order chi connectivity index (χ1) is 14.2. The molecule has 150 valence electrons. The third-order valence-corrected chi connectivity index (χ3v) is 5.58. The lowest BCUT2D eigenvalue weighted by atomic mass is 10.0. The number of thiazole rings is 1. The Balaban J connectivity index is 1.60. The summed E-state index contributed by atoms with van der Waals surface area (Å²) in [4.78, 5) is 31.2. The standard InChI is InChI=1S/C21H22N4O3S/c1-2-28-21(27)20-17-12-24(19(26)10-16-13-29-14-22-16)9-8-18(17)25(23-20)11-15-6-4-3-5-7-15/h3-7,13-14H,2,8-12H2,1H3. The Morgan fingerprint density at radius 1 is 1.24 bits per heavy atom. The predicted molar refractivity (Wildman–Crippen MR) is 109 cm³/mol. The van der Waals surface area contributed by atoms with Crippen LogP contribution in [0.3, 0.4) is 0 Å². The van der Waals surface area contributed by atoms with Gasteiger partial charge >= 0.3 is 5.97 Å². The van der Waals surface area contributed by atoms with E-state index in [9.17, 15) is 9.59 Å². The fourth-order valence-corrected chi connectivity index (χ4v) is 4.10. The fraction of sp³-hybridized carbons (Fsp3) is 0.333. The Morgan fingerprint density at radius 3 is 2.79 bits per heavy atom. The average Bonchev–Trinajstić information content (AvgIpc) is 3.37. The van der Waals surface area contributed by atoms with Crippen molar-refractivity contribution in [1.82, 2.24) is 19.7 Å². The van der Waals surface area contributed by atoms with Gasteiger partial charge in [-0.2, -0.15) is 5.10 Å². The molecule has 1 aromatic carbocycles. The van der Waals surface area contributed by atoms with Crippen LogP contribution in [0.5, 0.6) is 0 Å². The SMILES string of the molecule is CCOC(=O)c1nn(Cc2ccccc2)c2c1CN(C(=O)Cc1cscn1)CC2. The molecule has 29 heavy (non-hydrogen) atoms. The van der Waals surface area contributed by atoms with Gasteiger partial charge in [0.15, 0.2) is 5.69 Å². The van der Waals surface area contributed by atoms with Crippen LogP contribution in [0.1, 0.15) is 39.9 Å². The third-order valence-electron chi connectivity index (χ3n) is 4.95. The molecule has 0 saturated heterocycles. The maximum atomic E-state index is 12.7. The van der Waals surface area contributed by atoms with Gasteiger partial charge in [-0.1, -0.05) is 30.3 Å². The minimum atomic E-state index is -0.440. The van der Waals surface area contributed by atoms with Gasteiger partial charge in [0, 0.05) is 36.1 Å². The number of carbonyl (C=O) groups is 2. The summed E-state index contributed by atoms with van der Waals surface area (Å²) >= 11 is 1.48. The van der Waals surface area contributed by atoms with Crippen molar-refractivity contribution in [3.05, 3.63) is 69.4 Å². The lowest BCUT2D eigenvalue weighted by Crippen LogP contribution is -2.37. The fourth-order valence-electron chi connectivity index (χ4n) is 3.55. The molecule has 0 unspecified atom stereocenters. The van der Waals surface area contributed by atoms with Crippen molar-refractivity contribution in [2.24, 2.45) is 0 Å². The number of ether oxygens (including phenoxy) is 1. The molecule has 1 aliphatic heterocycles. The first-order valence-electron chi connectivity index (χ1n) is 9.60. The number of amides is 1. The molecule has 0 aliphatic carbocycles. The number of aromatic nitrogens is 3. The summed E-state index contributed by atoms with van der Waals surface area (Å²) in [5.74, 6) is -0.434. The molecule has 1 amide bonds. The molecule has 0 bridgehead atoms. The molecule has 0 N–H and O–H groups in total. The highest BCUT2D eigenvalue weighted by atomic mass is 32.1. The first-order valence-corrected chi connectivity index (χ1v) is 10.5. The second-order valence-corrected chi connectivity index (χ2v) is 7.58. The van der Waals surface area contributed by atoms with Crippen LogP contribution < -0.4 is 0 Å². The molecule has 2 aromatic heterocycles. The Bertz CT molecular complexity index is 999. The molecule has 7 nitrogen and oxygen atoms in total. The highest BCUT2D eigenvalue weighted by Gasteiger charge is 2.30. The van der Waals surface area contributed by atoms with Crippen LogP contribution >= 0.6 is 11.3 Å². The van der Waals surface area contributed by atoms with E-state index < -0.39 is 5.97 Å². The Kier molecular flexibility index (Phi) is 5.71. The molecule has 1 aliphatic rings. The molecule has 8 heteroatoms.